The summed E-state index contributed by atoms with van der Waals surface area (Å²) in [6, 6.07) is 18.9. The quantitative estimate of drug-likeness (QED) is 0.354. The highest BCUT2D eigenvalue weighted by Gasteiger charge is 2.17. The fourth-order valence-electron chi connectivity index (χ4n) is 2.70. The van der Waals surface area contributed by atoms with E-state index in [4.69, 9.17) is 11.6 Å². The number of hydrogen-bond acceptors (Lipinski definition) is 4. The van der Waals surface area contributed by atoms with Crippen LogP contribution in [-0.4, -0.2) is 14.8 Å². The van der Waals surface area contributed by atoms with E-state index in [9.17, 15) is 4.39 Å². The van der Waals surface area contributed by atoms with Gasteiger partial charge >= 0.3 is 0 Å². The van der Waals surface area contributed by atoms with E-state index in [0.717, 1.165) is 21.4 Å². The number of nitrogens with zero attached hydrogens (tertiary/aromatic N) is 3. The highest BCUT2D eigenvalue weighted by Crippen LogP contribution is 2.31. The molecular formula is C20H15ClFN3S2. The van der Waals surface area contributed by atoms with Crippen molar-refractivity contribution in [2.24, 2.45) is 0 Å². The Morgan fingerprint density at radius 2 is 1.85 bits per heavy atom. The number of aromatic nitrogens is 3. The zero-order valence-corrected chi connectivity index (χ0v) is 16.6. The molecule has 0 saturated heterocycles. The summed E-state index contributed by atoms with van der Waals surface area (Å²) in [6.07, 6.45) is 0. The molecule has 3 nitrogen and oxygen atoms in total. The molecule has 0 saturated carbocycles. The van der Waals surface area contributed by atoms with Crippen molar-refractivity contribution in [2.75, 3.05) is 0 Å². The lowest BCUT2D eigenvalue weighted by atomic mass is 10.2. The summed E-state index contributed by atoms with van der Waals surface area (Å²) in [4.78, 5) is 1.05. The molecule has 0 amide bonds. The first kappa shape index (κ1) is 18.2. The Bertz CT molecular complexity index is 1010. The molecule has 0 aliphatic heterocycles. The highest BCUT2D eigenvalue weighted by molar-refractivity contribution is 7.98. The number of hydrogen-bond donors (Lipinski definition) is 0. The molecule has 136 valence electrons. The van der Waals surface area contributed by atoms with Crippen LogP contribution in [0, 0.1) is 5.82 Å². The molecule has 7 heteroatoms. The maximum Gasteiger partial charge on any atom is 0.192 e. The average molecular weight is 416 g/mol. The van der Waals surface area contributed by atoms with E-state index in [1.54, 1.807) is 23.5 Å². The Kier molecular flexibility index (Phi) is 5.57. The van der Waals surface area contributed by atoms with E-state index < -0.39 is 0 Å². The zero-order chi connectivity index (χ0) is 18.6. The molecule has 2 aromatic heterocycles. The third-order valence-corrected chi connectivity index (χ3v) is 6.26. The van der Waals surface area contributed by atoms with Crippen molar-refractivity contribution in [1.82, 2.24) is 14.8 Å². The van der Waals surface area contributed by atoms with Crippen LogP contribution >= 0.6 is 34.7 Å². The molecule has 2 heterocycles. The van der Waals surface area contributed by atoms with Gasteiger partial charge in [0.1, 0.15) is 5.82 Å². The molecule has 27 heavy (non-hydrogen) atoms. The number of benzene rings is 2. The second-order valence-corrected chi connectivity index (χ2v) is 8.14. The SMILES string of the molecule is Fc1cccc(Cl)c1CSc1nnc(-c2cccs2)n1Cc1ccccc1. The van der Waals surface area contributed by atoms with E-state index in [2.05, 4.69) is 26.9 Å². The lowest BCUT2D eigenvalue weighted by molar-refractivity contribution is 0.617. The van der Waals surface area contributed by atoms with Crippen LogP contribution < -0.4 is 0 Å². The molecule has 0 atom stereocenters. The summed E-state index contributed by atoms with van der Waals surface area (Å²) < 4.78 is 16.2. The Balaban J connectivity index is 1.66. The van der Waals surface area contributed by atoms with Gasteiger partial charge in [-0.1, -0.05) is 65.8 Å². The molecule has 0 N–H and O–H groups in total. The molecule has 0 fully saturated rings. The summed E-state index contributed by atoms with van der Waals surface area (Å²) in [5.41, 5.74) is 1.64. The van der Waals surface area contributed by atoms with Crippen LogP contribution in [0.15, 0.2) is 71.2 Å². The summed E-state index contributed by atoms with van der Waals surface area (Å²) in [7, 11) is 0. The second-order valence-electron chi connectivity index (χ2n) is 5.84. The molecule has 0 aliphatic carbocycles. The van der Waals surface area contributed by atoms with Crippen LogP contribution in [0.3, 0.4) is 0 Å². The average Bonchev–Trinajstić information content (AvgIpc) is 3.32. The monoisotopic (exact) mass is 415 g/mol. The van der Waals surface area contributed by atoms with Gasteiger partial charge in [-0.15, -0.1) is 21.5 Å². The van der Waals surface area contributed by atoms with E-state index >= 15 is 0 Å². The summed E-state index contributed by atoms with van der Waals surface area (Å²) in [6.45, 7) is 0.647. The molecule has 0 radical (unpaired) electrons. The molecule has 0 unspecified atom stereocenters. The van der Waals surface area contributed by atoms with Gasteiger partial charge in [0.05, 0.1) is 11.4 Å². The van der Waals surface area contributed by atoms with Crippen LogP contribution in [0.2, 0.25) is 5.02 Å². The van der Waals surface area contributed by atoms with Crippen molar-refractivity contribution in [3.8, 4) is 10.7 Å². The third kappa shape index (κ3) is 4.08. The predicted octanol–water partition coefficient (Wildman–Crippen LogP) is 6.14. The summed E-state index contributed by atoms with van der Waals surface area (Å²) in [5.74, 6) is 0.904. The summed E-state index contributed by atoms with van der Waals surface area (Å²) in [5, 5.41) is 11.9. The van der Waals surface area contributed by atoms with Crippen LogP contribution in [0.5, 0.6) is 0 Å². The van der Waals surface area contributed by atoms with Gasteiger partial charge in [-0.2, -0.15) is 0 Å². The van der Waals surface area contributed by atoms with Gasteiger partial charge in [0.25, 0.3) is 0 Å². The zero-order valence-electron chi connectivity index (χ0n) is 14.2. The van der Waals surface area contributed by atoms with Crippen LogP contribution in [0.25, 0.3) is 10.7 Å². The van der Waals surface area contributed by atoms with Gasteiger partial charge in [-0.3, -0.25) is 4.57 Å². The normalized spacial score (nSPS) is 11.0. The van der Waals surface area contributed by atoms with Crippen molar-refractivity contribution >= 4 is 34.7 Å². The molecule has 0 bridgehead atoms. The number of thioether (sulfide) groups is 1. The van der Waals surface area contributed by atoms with E-state index in [1.165, 1.54) is 17.8 Å². The molecule has 0 spiro atoms. The topological polar surface area (TPSA) is 30.7 Å². The van der Waals surface area contributed by atoms with Crippen LogP contribution in [0.1, 0.15) is 11.1 Å². The maximum absolute atomic E-state index is 14.1. The lowest BCUT2D eigenvalue weighted by Crippen LogP contribution is -2.04. The number of halogens is 2. The molecule has 2 aromatic carbocycles. The van der Waals surface area contributed by atoms with Crippen LogP contribution in [0.4, 0.5) is 4.39 Å². The Morgan fingerprint density at radius 3 is 2.59 bits per heavy atom. The number of thiophene rings is 1. The first-order valence-electron chi connectivity index (χ1n) is 8.29. The minimum atomic E-state index is -0.303. The molecule has 4 rings (SSSR count). The molecule has 4 aromatic rings. The van der Waals surface area contributed by atoms with Crippen molar-refractivity contribution in [3.63, 3.8) is 0 Å². The Morgan fingerprint density at radius 1 is 1.00 bits per heavy atom. The molecule has 0 aliphatic rings. The largest absolute Gasteiger partial charge is 0.297 e. The maximum atomic E-state index is 14.1. The first-order valence-corrected chi connectivity index (χ1v) is 10.5. The van der Waals surface area contributed by atoms with Gasteiger partial charge in [0, 0.05) is 16.3 Å². The standard InChI is InChI=1S/C20H15ClFN3S2/c21-16-8-4-9-17(22)15(16)13-27-20-24-23-19(18-10-5-11-26-18)25(20)12-14-6-2-1-3-7-14/h1-11H,12-13H2. The predicted molar refractivity (Wildman–Crippen MR) is 110 cm³/mol. The number of rotatable bonds is 6. The van der Waals surface area contributed by atoms with Gasteiger partial charge in [0.15, 0.2) is 11.0 Å². The smallest absolute Gasteiger partial charge is 0.192 e. The van der Waals surface area contributed by atoms with Crippen LogP contribution in [-0.2, 0) is 12.3 Å². The first-order chi connectivity index (χ1) is 13.2. The Labute approximate surface area is 169 Å². The van der Waals surface area contributed by atoms with Gasteiger partial charge in [-0.05, 0) is 29.1 Å². The van der Waals surface area contributed by atoms with Crippen molar-refractivity contribution in [2.45, 2.75) is 17.5 Å². The van der Waals surface area contributed by atoms with Crippen molar-refractivity contribution < 1.29 is 4.39 Å². The van der Waals surface area contributed by atoms with Crippen molar-refractivity contribution in [3.05, 3.63) is 88.0 Å². The molecular weight excluding hydrogens is 401 g/mol. The van der Waals surface area contributed by atoms with Gasteiger partial charge in [0.2, 0.25) is 0 Å². The fraction of sp³-hybridized carbons (Fsp3) is 0.100. The minimum absolute atomic E-state index is 0.303. The van der Waals surface area contributed by atoms with E-state index in [0.29, 0.717) is 22.9 Å². The second kappa shape index (κ2) is 8.25. The fourth-order valence-corrected chi connectivity index (χ4v) is 4.70. The van der Waals surface area contributed by atoms with Gasteiger partial charge < -0.3 is 0 Å². The lowest BCUT2D eigenvalue weighted by Gasteiger charge is -2.10. The highest BCUT2D eigenvalue weighted by atomic mass is 35.5. The van der Waals surface area contributed by atoms with Crippen molar-refractivity contribution in [1.29, 1.82) is 0 Å². The van der Waals surface area contributed by atoms with E-state index in [1.807, 2.05) is 35.7 Å². The minimum Gasteiger partial charge on any atom is -0.297 e. The Hall–Kier alpha value is -2.15. The summed E-state index contributed by atoms with van der Waals surface area (Å²) >= 11 is 9.21. The third-order valence-electron chi connectivity index (χ3n) is 4.05. The van der Waals surface area contributed by atoms with Gasteiger partial charge in [-0.25, -0.2) is 4.39 Å². The van der Waals surface area contributed by atoms with E-state index in [-0.39, 0.29) is 5.82 Å².